The third-order valence-corrected chi connectivity index (χ3v) is 2.03. The van der Waals surface area contributed by atoms with Gasteiger partial charge in [0.05, 0.1) is 6.61 Å². The van der Waals surface area contributed by atoms with Crippen molar-refractivity contribution in [2.75, 3.05) is 6.61 Å². The number of nitrogens with zero attached hydrogens (tertiary/aromatic N) is 1. The molecule has 0 atom stereocenters. The van der Waals surface area contributed by atoms with E-state index in [1.54, 1.807) is 6.92 Å². The summed E-state index contributed by atoms with van der Waals surface area (Å²) in [5.41, 5.74) is 0.838. The smallest absolute Gasteiger partial charge is 0.434 e. The van der Waals surface area contributed by atoms with Gasteiger partial charge in [-0.25, -0.2) is 9.59 Å². The molecule has 0 radical (unpaired) electrons. The molecule has 5 nitrogen and oxygen atoms in total. The van der Waals surface area contributed by atoms with Gasteiger partial charge in [-0.15, -0.1) is 0 Å². The highest BCUT2D eigenvalue weighted by Gasteiger charge is 2.09. The zero-order valence-corrected chi connectivity index (χ0v) is 10.4. The van der Waals surface area contributed by atoms with Crippen LogP contribution in [0.4, 0.5) is 4.79 Å². The van der Waals surface area contributed by atoms with Crippen LogP contribution in [0.15, 0.2) is 35.3 Å². The predicted octanol–water partition coefficient (Wildman–Crippen LogP) is 2.35. The fraction of sp³-hybridized carbons (Fsp3) is 0.308. The quantitative estimate of drug-likeness (QED) is 0.607. The van der Waals surface area contributed by atoms with Crippen LogP contribution in [-0.2, 0) is 20.9 Å². The summed E-state index contributed by atoms with van der Waals surface area (Å²) in [4.78, 5) is 26.0. The number of ether oxygens (including phenoxy) is 2. The second kappa shape index (κ2) is 7.21. The molecule has 0 saturated heterocycles. The molecule has 0 aliphatic rings. The molecule has 0 heterocycles. The SMILES string of the molecule is CCOC(=O)C(C)=NC(=O)OCc1ccccc1. The van der Waals surface area contributed by atoms with Crippen molar-refractivity contribution in [3.63, 3.8) is 0 Å². The Bertz CT molecular complexity index is 440. The van der Waals surface area contributed by atoms with Crippen molar-refractivity contribution >= 4 is 17.8 Å². The summed E-state index contributed by atoms with van der Waals surface area (Å²) in [6.07, 6.45) is -0.801. The van der Waals surface area contributed by atoms with Gasteiger partial charge in [-0.05, 0) is 19.4 Å². The monoisotopic (exact) mass is 249 g/mol. The minimum atomic E-state index is -0.801. The van der Waals surface area contributed by atoms with E-state index < -0.39 is 12.1 Å². The van der Waals surface area contributed by atoms with E-state index in [4.69, 9.17) is 4.74 Å². The maximum absolute atomic E-state index is 11.3. The Labute approximate surface area is 105 Å². The van der Waals surface area contributed by atoms with Crippen LogP contribution in [0.3, 0.4) is 0 Å². The summed E-state index contributed by atoms with van der Waals surface area (Å²) in [5, 5.41) is 0. The van der Waals surface area contributed by atoms with Crippen LogP contribution in [0.25, 0.3) is 0 Å². The van der Waals surface area contributed by atoms with Gasteiger partial charge in [0.1, 0.15) is 12.3 Å². The van der Waals surface area contributed by atoms with Gasteiger partial charge < -0.3 is 9.47 Å². The molecule has 0 bridgehead atoms. The molecule has 0 aliphatic carbocycles. The number of esters is 1. The standard InChI is InChI=1S/C13H15NO4/c1-3-17-12(15)10(2)14-13(16)18-9-11-7-5-4-6-8-11/h4-8H,3,9H2,1-2H3. The maximum Gasteiger partial charge on any atom is 0.434 e. The van der Waals surface area contributed by atoms with E-state index >= 15 is 0 Å². The Morgan fingerprint density at radius 2 is 1.83 bits per heavy atom. The Kier molecular flexibility index (Phi) is 5.57. The van der Waals surface area contributed by atoms with E-state index in [-0.39, 0.29) is 18.9 Å². The van der Waals surface area contributed by atoms with E-state index in [1.165, 1.54) is 6.92 Å². The summed E-state index contributed by atoms with van der Waals surface area (Å²) >= 11 is 0. The predicted molar refractivity (Wildman–Crippen MR) is 66.4 cm³/mol. The minimum absolute atomic E-state index is 0.0186. The van der Waals surface area contributed by atoms with Crippen molar-refractivity contribution in [1.29, 1.82) is 0 Å². The molecule has 1 rings (SSSR count). The average molecular weight is 249 g/mol. The molecule has 96 valence electrons. The zero-order valence-electron chi connectivity index (χ0n) is 10.4. The first-order valence-electron chi connectivity index (χ1n) is 5.56. The van der Waals surface area contributed by atoms with Gasteiger partial charge in [-0.1, -0.05) is 30.3 Å². The molecule has 0 fully saturated rings. The normalized spacial score (nSPS) is 10.9. The molecule has 0 aromatic heterocycles. The molecule has 18 heavy (non-hydrogen) atoms. The first-order valence-corrected chi connectivity index (χ1v) is 5.56. The third kappa shape index (κ3) is 4.78. The average Bonchev–Trinajstić information content (AvgIpc) is 2.38. The molecule has 1 aromatic rings. The van der Waals surface area contributed by atoms with Crippen molar-refractivity contribution in [1.82, 2.24) is 0 Å². The van der Waals surface area contributed by atoms with E-state index in [2.05, 4.69) is 9.73 Å². The largest absolute Gasteiger partial charge is 0.462 e. The highest BCUT2D eigenvalue weighted by molar-refractivity contribution is 6.36. The first kappa shape index (κ1) is 13.9. The van der Waals surface area contributed by atoms with Crippen molar-refractivity contribution in [3.8, 4) is 0 Å². The first-order chi connectivity index (χ1) is 8.63. The number of carbonyl (C=O) groups excluding carboxylic acids is 2. The Balaban J connectivity index is 2.46. The molecule has 0 unspecified atom stereocenters. The number of carbonyl (C=O) groups is 2. The summed E-state index contributed by atoms with van der Waals surface area (Å²) in [6, 6.07) is 9.21. The summed E-state index contributed by atoms with van der Waals surface area (Å²) in [5.74, 6) is -0.617. The molecule has 0 spiro atoms. The highest BCUT2D eigenvalue weighted by atomic mass is 16.5. The molecule has 0 aliphatic heterocycles. The van der Waals surface area contributed by atoms with Gasteiger partial charge in [0, 0.05) is 0 Å². The number of rotatable bonds is 4. The number of aliphatic imine (C=N–C) groups is 1. The van der Waals surface area contributed by atoms with Crippen molar-refractivity contribution in [3.05, 3.63) is 35.9 Å². The van der Waals surface area contributed by atoms with E-state index in [0.717, 1.165) is 5.56 Å². The Morgan fingerprint density at radius 1 is 1.17 bits per heavy atom. The number of amides is 1. The molecule has 5 heteroatoms. The van der Waals surface area contributed by atoms with Gasteiger partial charge >= 0.3 is 12.1 Å². The van der Waals surface area contributed by atoms with Crippen molar-refractivity contribution < 1.29 is 19.1 Å². The second-order valence-corrected chi connectivity index (χ2v) is 3.46. The Hall–Kier alpha value is -2.17. The van der Waals surface area contributed by atoms with E-state index in [1.807, 2.05) is 30.3 Å². The van der Waals surface area contributed by atoms with Crippen molar-refractivity contribution in [2.45, 2.75) is 20.5 Å². The molecular formula is C13H15NO4. The van der Waals surface area contributed by atoms with Crippen LogP contribution in [0, 0.1) is 0 Å². The van der Waals surface area contributed by atoms with Crippen LogP contribution < -0.4 is 0 Å². The fourth-order valence-electron chi connectivity index (χ4n) is 1.17. The zero-order chi connectivity index (χ0) is 13.4. The van der Waals surface area contributed by atoms with Gasteiger partial charge in [0.15, 0.2) is 0 Å². The number of hydrogen-bond acceptors (Lipinski definition) is 4. The number of benzene rings is 1. The molecular weight excluding hydrogens is 234 g/mol. The van der Waals surface area contributed by atoms with E-state index in [0.29, 0.717) is 0 Å². The molecule has 0 saturated carbocycles. The van der Waals surface area contributed by atoms with Crippen LogP contribution >= 0.6 is 0 Å². The van der Waals surface area contributed by atoms with Crippen LogP contribution in [0.1, 0.15) is 19.4 Å². The third-order valence-electron chi connectivity index (χ3n) is 2.03. The van der Waals surface area contributed by atoms with Gasteiger partial charge in [0.2, 0.25) is 0 Å². The fourth-order valence-corrected chi connectivity index (χ4v) is 1.17. The minimum Gasteiger partial charge on any atom is -0.462 e. The molecule has 0 N–H and O–H groups in total. The maximum atomic E-state index is 11.3. The lowest BCUT2D eigenvalue weighted by molar-refractivity contribution is -0.135. The van der Waals surface area contributed by atoms with Gasteiger partial charge in [-0.3, -0.25) is 0 Å². The molecule has 1 aromatic carbocycles. The Morgan fingerprint density at radius 3 is 2.44 bits per heavy atom. The topological polar surface area (TPSA) is 65.0 Å². The van der Waals surface area contributed by atoms with E-state index in [9.17, 15) is 9.59 Å². The number of hydrogen-bond donors (Lipinski definition) is 0. The lowest BCUT2D eigenvalue weighted by atomic mass is 10.2. The van der Waals surface area contributed by atoms with Crippen molar-refractivity contribution in [2.24, 2.45) is 4.99 Å². The summed E-state index contributed by atoms with van der Waals surface area (Å²) in [7, 11) is 0. The van der Waals surface area contributed by atoms with Gasteiger partial charge in [0.25, 0.3) is 0 Å². The summed E-state index contributed by atoms with van der Waals surface area (Å²) < 4.78 is 9.58. The molecule has 1 amide bonds. The second-order valence-electron chi connectivity index (χ2n) is 3.46. The van der Waals surface area contributed by atoms with Crippen LogP contribution in [0.5, 0.6) is 0 Å². The lowest BCUT2D eigenvalue weighted by Gasteiger charge is -2.02. The van der Waals surface area contributed by atoms with Crippen LogP contribution in [-0.4, -0.2) is 24.4 Å². The van der Waals surface area contributed by atoms with Gasteiger partial charge in [-0.2, -0.15) is 4.99 Å². The summed E-state index contributed by atoms with van der Waals surface area (Å²) in [6.45, 7) is 3.45. The highest BCUT2D eigenvalue weighted by Crippen LogP contribution is 2.01. The lowest BCUT2D eigenvalue weighted by Crippen LogP contribution is -2.16. The van der Waals surface area contributed by atoms with Crippen LogP contribution in [0.2, 0.25) is 0 Å².